The molecule has 0 unspecified atom stereocenters. The van der Waals surface area contributed by atoms with E-state index in [-0.39, 0.29) is 5.91 Å². The summed E-state index contributed by atoms with van der Waals surface area (Å²) in [6.07, 6.45) is 2.29. The van der Waals surface area contributed by atoms with Crippen molar-refractivity contribution < 1.29 is 9.53 Å². The van der Waals surface area contributed by atoms with Crippen molar-refractivity contribution in [1.29, 1.82) is 0 Å². The van der Waals surface area contributed by atoms with E-state index in [0.29, 0.717) is 19.1 Å². The van der Waals surface area contributed by atoms with Crippen molar-refractivity contribution in [2.45, 2.75) is 40.5 Å². The van der Waals surface area contributed by atoms with Gasteiger partial charge in [-0.1, -0.05) is 19.9 Å². The zero-order chi connectivity index (χ0) is 18.5. The van der Waals surface area contributed by atoms with E-state index in [2.05, 4.69) is 41.7 Å². The number of carbonyl (C=O) groups excluding carboxylic acids is 1. The van der Waals surface area contributed by atoms with Crippen molar-refractivity contribution in [3.05, 3.63) is 24.3 Å². The van der Waals surface area contributed by atoms with Crippen molar-refractivity contribution in [3.8, 4) is 5.75 Å². The molecule has 6 nitrogen and oxygen atoms in total. The standard InChI is InChI=1S/C19H32N4O2/c1-5-20-19(21-11-7-8-15(2)3)22-12-13-25-18-10-6-9-17(14-18)23-16(4)24/h6,9-10,14-15H,5,7-8,11-13H2,1-4H3,(H,23,24)(H2,20,21,22). The molecule has 3 N–H and O–H groups in total. The third-order valence-corrected chi connectivity index (χ3v) is 3.37. The van der Waals surface area contributed by atoms with Gasteiger partial charge < -0.3 is 20.7 Å². The van der Waals surface area contributed by atoms with Crippen LogP contribution in [-0.4, -0.2) is 38.1 Å². The maximum Gasteiger partial charge on any atom is 0.221 e. The van der Waals surface area contributed by atoms with Gasteiger partial charge in [0, 0.05) is 31.8 Å². The fourth-order valence-corrected chi connectivity index (χ4v) is 2.24. The minimum atomic E-state index is -0.0947. The Hall–Kier alpha value is -2.24. The normalized spacial score (nSPS) is 11.3. The number of carbonyl (C=O) groups is 1. The van der Waals surface area contributed by atoms with Crippen LogP contribution in [0, 0.1) is 5.92 Å². The fraction of sp³-hybridized carbons (Fsp3) is 0.579. The van der Waals surface area contributed by atoms with Crippen LogP contribution in [0.25, 0.3) is 0 Å². The highest BCUT2D eigenvalue weighted by Crippen LogP contribution is 2.16. The average molecular weight is 348 g/mol. The number of aliphatic imine (C=N–C) groups is 1. The van der Waals surface area contributed by atoms with Gasteiger partial charge in [0.25, 0.3) is 0 Å². The van der Waals surface area contributed by atoms with E-state index < -0.39 is 0 Å². The number of amides is 1. The van der Waals surface area contributed by atoms with E-state index in [1.807, 2.05) is 24.3 Å². The summed E-state index contributed by atoms with van der Waals surface area (Å²) in [4.78, 5) is 15.7. The Labute approximate surface area is 151 Å². The maximum absolute atomic E-state index is 11.1. The quantitative estimate of drug-likeness (QED) is 0.345. The minimum Gasteiger partial charge on any atom is -0.492 e. The molecule has 1 rings (SSSR count). The molecule has 0 heterocycles. The molecule has 0 atom stereocenters. The van der Waals surface area contributed by atoms with Gasteiger partial charge in [0.05, 0.1) is 6.54 Å². The molecule has 1 aromatic rings. The van der Waals surface area contributed by atoms with E-state index in [4.69, 9.17) is 4.74 Å². The Kier molecular flexibility index (Phi) is 10.1. The number of hydrogen-bond donors (Lipinski definition) is 3. The lowest BCUT2D eigenvalue weighted by atomic mass is 10.1. The third-order valence-electron chi connectivity index (χ3n) is 3.37. The Morgan fingerprint density at radius 1 is 1.28 bits per heavy atom. The lowest BCUT2D eigenvalue weighted by Gasteiger charge is -2.13. The molecule has 0 radical (unpaired) electrons. The van der Waals surface area contributed by atoms with Crippen molar-refractivity contribution in [2.75, 3.05) is 31.6 Å². The maximum atomic E-state index is 11.1. The Bertz CT molecular complexity index is 544. The first-order chi connectivity index (χ1) is 12.0. The summed E-state index contributed by atoms with van der Waals surface area (Å²) in [5, 5.41) is 9.25. The fourth-order valence-electron chi connectivity index (χ4n) is 2.24. The van der Waals surface area contributed by atoms with Crippen molar-refractivity contribution in [2.24, 2.45) is 10.9 Å². The predicted octanol–water partition coefficient (Wildman–Crippen LogP) is 3.02. The minimum absolute atomic E-state index is 0.0947. The first-order valence-electron chi connectivity index (χ1n) is 9.04. The molecule has 140 valence electrons. The zero-order valence-corrected chi connectivity index (χ0v) is 15.9. The lowest BCUT2D eigenvalue weighted by Crippen LogP contribution is -2.39. The molecule has 25 heavy (non-hydrogen) atoms. The largest absolute Gasteiger partial charge is 0.492 e. The van der Waals surface area contributed by atoms with Crippen LogP contribution in [0.2, 0.25) is 0 Å². The van der Waals surface area contributed by atoms with Gasteiger partial charge in [-0.05, 0) is 37.8 Å². The molecule has 1 aromatic carbocycles. The van der Waals surface area contributed by atoms with Crippen LogP contribution in [0.4, 0.5) is 5.69 Å². The number of nitrogens with zero attached hydrogens (tertiary/aromatic N) is 1. The summed E-state index contributed by atoms with van der Waals surface area (Å²) >= 11 is 0. The third kappa shape index (κ3) is 10.3. The van der Waals surface area contributed by atoms with Crippen LogP contribution >= 0.6 is 0 Å². The number of ether oxygens (including phenoxy) is 1. The van der Waals surface area contributed by atoms with Gasteiger partial charge in [-0.15, -0.1) is 0 Å². The predicted molar refractivity (Wildman–Crippen MR) is 104 cm³/mol. The molecule has 0 aliphatic carbocycles. The summed E-state index contributed by atoms with van der Waals surface area (Å²) < 4.78 is 5.72. The second-order valence-electron chi connectivity index (χ2n) is 6.28. The molecule has 0 bridgehead atoms. The molecule has 6 heteroatoms. The molecule has 0 saturated carbocycles. The second kappa shape index (κ2) is 12.2. The Morgan fingerprint density at radius 2 is 2.08 bits per heavy atom. The van der Waals surface area contributed by atoms with E-state index in [0.717, 1.165) is 36.9 Å². The molecular formula is C19H32N4O2. The van der Waals surface area contributed by atoms with Crippen molar-refractivity contribution in [3.63, 3.8) is 0 Å². The van der Waals surface area contributed by atoms with Gasteiger partial charge in [-0.25, -0.2) is 0 Å². The van der Waals surface area contributed by atoms with E-state index >= 15 is 0 Å². The Balaban J connectivity index is 2.35. The summed E-state index contributed by atoms with van der Waals surface area (Å²) in [5.74, 6) is 2.17. The van der Waals surface area contributed by atoms with Crippen LogP contribution in [0.3, 0.4) is 0 Å². The highest BCUT2D eigenvalue weighted by atomic mass is 16.5. The topological polar surface area (TPSA) is 74.8 Å². The number of rotatable bonds is 10. The molecular weight excluding hydrogens is 316 g/mol. The smallest absolute Gasteiger partial charge is 0.221 e. The van der Waals surface area contributed by atoms with E-state index in [9.17, 15) is 4.79 Å². The van der Waals surface area contributed by atoms with Gasteiger partial charge >= 0.3 is 0 Å². The zero-order valence-electron chi connectivity index (χ0n) is 15.9. The van der Waals surface area contributed by atoms with Crippen LogP contribution in [0.15, 0.2) is 29.3 Å². The van der Waals surface area contributed by atoms with Crippen LogP contribution in [0.5, 0.6) is 5.75 Å². The molecule has 0 spiro atoms. The monoisotopic (exact) mass is 348 g/mol. The van der Waals surface area contributed by atoms with Crippen molar-refractivity contribution >= 4 is 17.6 Å². The number of benzene rings is 1. The molecule has 0 fully saturated rings. The van der Waals surface area contributed by atoms with Crippen molar-refractivity contribution in [1.82, 2.24) is 10.6 Å². The van der Waals surface area contributed by atoms with Crippen LogP contribution in [-0.2, 0) is 4.79 Å². The molecule has 0 saturated heterocycles. The number of guanidine groups is 1. The number of anilines is 1. The number of nitrogens with one attached hydrogen (secondary N) is 3. The van der Waals surface area contributed by atoms with Crippen LogP contribution in [0.1, 0.15) is 40.5 Å². The summed E-state index contributed by atoms with van der Waals surface area (Å²) in [6, 6.07) is 7.37. The van der Waals surface area contributed by atoms with Gasteiger partial charge in [0.1, 0.15) is 12.4 Å². The highest BCUT2D eigenvalue weighted by molar-refractivity contribution is 5.88. The second-order valence-corrected chi connectivity index (χ2v) is 6.28. The summed E-state index contributed by atoms with van der Waals surface area (Å²) in [6.45, 7) is 10.8. The summed E-state index contributed by atoms with van der Waals surface area (Å²) in [5.41, 5.74) is 0.734. The van der Waals surface area contributed by atoms with Crippen LogP contribution < -0.4 is 20.7 Å². The lowest BCUT2D eigenvalue weighted by molar-refractivity contribution is -0.114. The summed E-state index contributed by atoms with van der Waals surface area (Å²) in [7, 11) is 0. The average Bonchev–Trinajstić information content (AvgIpc) is 2.55. The van der Waals surface area contributed by atoms with Gasteiger partial charge in [-0.2, -0.15) is 0 Å². The Morgan fingerprint density at radius 3 is 2.76 bits per heavy atom. The van der Waals surface area contributed by atoms with Gasteiger partial charge in [0.2, 0.25) is 5.91 Å². The molecule has 0 aromatic heterocycles. The van der Waals surface area contributed by atoms with Gasteiger partial charge in [0.15, 0.2) is 5.96 Å². The van der Waals surface area contributed by atoms with Gasteiger partial charge in [-0.3, -0.25) is 9.79 Å². The molecule has 0 aliphatic heterocycles. The van der Waals surface area contributed by atoms with E-state index in [1.54, 1.807) is 0 Å². The number of hydrogen-bond acceptors (Lipinski definition) is 3. The first-order valence-corrected chi connectivity index (χ1v) is 9.04. The van der Waals surface area contributed by atoms with E-state index in [1.165, 1.54) is 13.3 Å². The highest BCUT2D eigenvalue weighted by Gasteiger charge is 2.00. The molecule has 1 amide bonds. The first kappa shape index (κ1) is 20.8. The molecule has 0 aliphatic rings. The SMILES string of the molecule is CCNC(=NCCCC(C)C)NCCOc1cccc(NC(C)=O)c1.